The van der Waals surface area contributed by atoms with Crippen molar-refractivity contribution in [2.75, 3.05) is 0 Å². The molecule has 2 aromatic rings. The lowest BCUT2D eigenvalue weighted by atomic mass is 10.1. The summed E-state index contributed by atoms with van der Waals surface area (Å²) in [7, 11) is -3.61. The second-order valence-electron chi connectivity index (χ2n) is 3.08. The van der Waals surface area contributed by atoms with Crippen molar-refractivity contribution in [3.63, 3.8) is 0 Å². The van der Waals surface area contributed by atoms with Crippen molar-refractivity contribution in [2.45, 2.75) is 4.90 Å². The zero-order chi connectivity index (χ0) is 10.9. The predicted molar refractivity (Wildman–Crippen MR) is 61.1 cm³/mol. The van der Waals surface area contributed by atoms with Gasteiger partial charge in [0.1, 0.15) is 0 Å². The lowest BCUT2D eigenvalue weighted by Gasteiger charge is -2.01. The highest BCUT2D eigenvalue weighted by atomic mass is 32.2. The second-order valence-corrected chi connectivity index (χ2v) is 5.43. The molecular weight excluding hydrogens is 230 g/mol. The first-order chi connectivity index (χ1) is 7.07. The summed E-state index contributed by atoms with van der Waals surface area (Å²) in [5.74, 6) is 0. The van der Waals surface area contributed by atoms with Gasteiger partial charge in [-0.05, 0) is 40.1 Å². The first-order valence-corrected chi connectivity index (χ1v) is 6.72. The largest absolute Gasteiger partial charge is 0.238 e. The number of nitrogens with two attached hydrogens (primary N) is 1. The summed E-state index contributed by atoms with van der Waals surface area (Å²) in [6.07, 6.45) is 0. The average Bonchev–Trinajstić information content (AvgIpc) is 2.69. The van der Waals surface area contributed by atoms with Gasteiger partial charge in [-0.3, -0.25) is 0 Å². The van der Waals surface area contributed by atoms with Crippen LogP contribution in [0.4, 0.5) is 0 Å². The van der Waals surface area contributed by atoms with Crippen molar-refractivity contribution in [3.05, 3.63) is 41.1 Å². The van der Waals surface area contributed by atoms with Crippen LogP contribution in [0.3, 0.4) is 0 Å². The summed E-state index contributed by atoms with van der Waals surface area (Å²) in [4.78, 5) is 0.145. The Bertz CT molecular complexity index is 559. The van der Waals surface area contributed by atoms with Crippen molar-refractivity contribution in [1.82, 2.24) is 0 Å². The highest BCUT2D eigenvalue weighted by Crippen LogP contribution is 2.23. The van der Waals surface area contributed by atoms with E-state index in [9.17, 15) is 8.42 Å². The van der Waals surface area contributed by atoms with Gasteiger partial charge in [-0.25, -0.2) is 13.6 Å². The van der Waals surface area contributed by atoms with Crippen LogP contribution >= 0.6 is 11.3 Å². The van der Waals surface area contributed by atoms with E-state index in [0.29, 0.717) is 0 Å². The van der Waals surface area contributed by atoms with Gasteiger partial charge in [-0.15, -0.1) is 0 Å². The quantitative estimate of drug-likeness (QED) is 0.872. The molecule has 0 spiro atoms. The molecule has 1 heterocycles. The lowest BCUT2D eigenvalue weighted by molar-refractivity contribution is 0.598. The molecular formula is C10H9NO2S2. The van der Waals surface area contributed by atoms with Crippen molar-refractivity contribution in [1.29, 1.82) is 0 Å². The summed E-state index contributed by atoms with van der Waals surface area (Å²) >= 11 is 1.57. The molecule has 5 heteroatoms. The van der Waals surface area contributed by atoms with Gasteiger partial charge in [0, 0.05) is 0 Å². The van der Waals surface area contributed by atoms with Crippen molar-refractivity contribution >= 4 is 21.4 Å². The Morgan fingerprint density at radius 2 is 1.93 bits per heavy atom. The first-order valence-electron chi connectivity index (χ1n) is 4.23. The fourth-order valence-electron chi connectivity index (χ4n) is 1.28. The number of benzene rings is 1. The molecule has 0 saturated heterocycles. The zero-order valence-electron chi connectivity index (χ0n) is 7.75. The summed E-state index contributed by atoms with van der Waals surface area (Å²) in [5.41, 5.74) is 1.87. The minimum atomic E-state index is -3.61. The summed E-state index contributed by atoms with van der Waals surface area (Å²) in [5, 5.41) is 8.96. The van der Waals surface area contributed by atoms with Gasteiger partial charge in [-0.1, -0.05) is 12.1 Å². The fourth-order valence-corrected chi connectivity index (χ4v) is 2.51. The Kier molecular flexibility index (Phi) is 2.60. The first kappa shape index (κ1) is 10.4. The molecule has 0 saturated carbocycles. The predicted octanol–water partition coefficient (Wildman–Crippen LogP) is 2.06. The molecule has 0 fully saturated rings. The van der Waals surface area contributed by atoms with Gasteiger partial charge in [0.25, 0.3) is 0 Å². The molecule has 2 rings (SSSR count). The third-order valence-electron chi connectivity index (χ3n) is 2.02. The molecule has 15 heavy (non-hydrogen) atoms. The highest BCUT2D eigenvalue weighted by Gasteiger charge is 2.08. The van der Waals surface area contributed by atoms with E-state index in [4.69, 9.17) is 5.14 Å². The summed E-state index contributed by atoms with van der Waals surface area (Å²) in [6.45, 7) is 0. The van der Waals surface area contributed by atoms with E-state index in [-0.39, 0.29) is 4.90 Å². The van der Waals surface area contributed by atoms with Crippen LogP contribution in [0.25, 0.3) is 11.1 Å². The SMILES string of the molecule is NS(=O)(=O)c1cccc(-c2ccsc2)c1. The molecule has 3 nitrogen and oxygen atoms in total. The summed E-state index contributed by atoms with van der Waals surface area (Å²) < 4.78 is 22.3. The minimum Gasteiger partial charge on any atom is -0.225 e. The van der Waals surface area contributed by atoms with E-state index in [2.05, 4.69) is 0 Å². The maximum absolute atomic E-state index is 11.1. The third kappa shape index (κ3) is 2.26. The normalized spacial score (nSPS) is 11.5. The van der Waals surface area contributed by atoms with Crippen LogP contribution in [0, 0.1) is 0 Å². The average molecular weight is 239 g/mol. The highest BCUT2D eigenvalue weighted by molar-refractivity contribution is 7.89. The Morgan fingerprint density at radius 3 is 2.53 bits per heavy atom. The summed E-state index contributed by atoms with van der Waals surface area (Å²) in [6, 6.07) is 8.55. The lowest BCUT2D eigenvalue weighted by Crippen LogP contribution is -2.11. The van der Waals surface area contributed by atoms with Crippen molar-refractivity contribution in [3.8, 4) is 11.1 Å². The van der Waals surface area contributed by atoms with Crippen molar-refractivity contribution < 1.29 is 8.42 Å². The number of sulfonamides is 1. The van der Waals surface area contributed by atoms with Gasteiger partial charge in [0.15, 0.2) is 0 Å². The van der Waals surface area contributed by atoms with Crippen LogP contribution in [0.5, 0.6) is 0 Å². The number of primary sulfonamides is 1. The molecule has 2 N–H and O–H groups in total. The van der Waals surface area contributed by atoms with Crippen LogP contribution < -0.4 is 5.14 Å². The van der Waals surface area contributed by atoms with E-state index in [1.807, 2.05) is 22.9 Å². The van der Waals surface area contributed by atoms with E-state index >= 15 is 0 Å². The smallest absolute Gasteiger partial charge is 0.225 e. The molecule has 0 radical (unpaired) electrons. The maximum atomic E-state index is 11.1. The minimum absolute atomic E-state index is 0.145. The van der Waals surface area contributed by atoms with E-state index in [1.54, 1.807) is 23.5 Å². The van der Waals surface area contributed by atoms with Gasteiger partial charge >= 0.3 is 0 Å². The molecule has 0 aliphatic rings. The molecule has 1 aromatic carbocycles. The van der Waals surface area contributed by atoms with Crippen LogP contribution in [0.2, 0.25) is 0 Å². The molecule has 0 amide bonds. The topological polar surface area (TPSA) is 60.2 Å². The van der Waals surface area contributed by atoms with Gasteiger partial charge in [0.2, 0.25) is 10.0 Å². The van der Waals surface area contributed by atoms with Crippen LogP contribution in [0.15, 0.2) is 46.0 Å². The second kappa shape index (κ2) is 3.77. The maximum Gasteiger partial charge on any atom is 0.238 e. The molecule has 78 valence electrons. The van der Waals surface area contributed by atoms with Gasteiger partial charge in [0.05, 0.1) is 4.90 Å². The Hall–Kier alpha value is -1.17. The van der Waals surface area contributed by atoms with E-state index in [1.165, 1.54) is 6.07 Å². The Labute approximate surface area is 92.2 Å². The Morgan fingerprint density at radius 1 is 1.13 bits per heavy atom. The fraction of sp³-hybridized carbons (Fsp3) is 0. The standard InChI is InChI=1S/C10H9NO2S2/c11-15(12,13)10-3-1-2-8(6-10)9-4-5-14-7-9/h1-7H,(H2,11,12,13). The molecule has 0 atom stereocenters. The van der Waals surface area contributed by atoms with Crippen LogP contribution in [-0.2, 0) is 10.0 Å². The van der Waals surface area contributed by atoms with Crippen LogP contribution in [0.1, 0.15) is 0 Å². The van der Waals surface area contributed by atoms with Gasteiger partial charge in [-0.2, -0.15) is 11.3 Å². The third-order valence-corrected chi connectivity index (χ3v) is 3.61. The number of rotatable bonds is 2. The molecule has 0 aliphatic carbocycles. The van der Waals surface area contributed by atoms with Crippen LogP contribution in [-0.4, -0.2) is 8.42 Å². The number of hydrogen-bond donors (Lipinski definition) is 1. The van der Waals surface area contributed by atoms with E-state index in [0.717, 1.165) is 11.1 Å². The Balaban J connectivity index is 2.53. The number of thiophene rings is 1. The molecule has 0 bridgehead atoms. The monoisotopic (exact) mass is 239 g/mol. The van der Waals surface area contributed by atoms with Gasteiger partial charge < -0.3 is 0 Å². The van der Waals surface area contributed by atoms with E-state index < -0.39 is 10.0 Å². The number of hydrogen-bond acceptors (Lipinski definition) is 3. The van der Waals surface area contributed by atoms with Crippen molar-refractivity contribution in [2.24, 2.45) is 5.14 Å². The zero-order valence-corrected chi connectivity index (χ0v) is 9.38. The molecule has 1 aromatic heterocycles. The molecule has 0 unspecified atom stereocenters. The molecule has 0 aliphatic heterocycles.